The van der Waals surface area contributed by atoms with Gasteiger partial charge in [-0.15, -0.1) is 11.6 Å². The average molecular weight is 371 g/mol. The Labute approximate surface area is 127 Å². The van der Waals surface area contributed by atoms with E-state index in [1.807, 2.05) is 0 Å². The van der Waals surface area contributed by atoms with Gasteiger partial charge in [-0.1, -0.05) is 0 Å². The Kier molecular flexibility index (Phi) is 4.64. The van der Waals surface area contributed by atoms with Gasteiger partial charge in [0.05, 0.1) is 16.5 Å². The van der Waals surface area contributed by atoms with Crippen molar-refractivity contribution in [2.45, 2.75) is 24.4 Å². The molecule has 1 N–H and O–H groups in total. The second kappa shape index (κ2) is 5.93. The van der Waals surface area contributed by atoms with Crippen LogP contribution in [0.5, 0.6) is 0 Å². The molecule has 1 unspecified atom stereocenters. The number of hydrogen-bond acceptors (Lipinski definition) is 1. The Balaban J connectivity index is 2.08. The molecule has 1 saturated carbocycles. The fourth-order valence-corrected chi connectivity index (χ4v) is 2.54. The fourth-order valence-electron chi connectivity index (χ4n) is 1.79. The lowest BCUT2D eigenvalue weighted by Crippen LogP contribution is -2.31. The molecule has 1 aliphatic carbocycles. The van der Waals surface area contributed by atoms with Crippen LogP contribution in [-0.4, -0.2) is 17.8 Å². The van der Waals surface area contributed by atoms with Crippen LogP contribution in [0.1, 0.15) is 28.8 Å². The van der Waals surface area contributed by atoms with Gasteiger partial charge in [-0.3, -0.25) is 4.79 Å². The van der Waals surface area contributed by atoms with E-state index in [0.29, 0.717) is 10.4 Å². The number of carbonyl (C=O) groups excluding carboxylic acids is 1. The highest BCUT2D eigenvalue weighted by atomic mass is 79.9. The first-order chi connectivity index (χ1) is 9.29. The van der Waals surface area contributed by atoms with Crippen molar-refractivity contribution in [1.82, 2.24) is 5.32 Å². The van der Waals surface area contributed by atoms with Crippen LogP contribution in [0, 0.1) is 5.92 Å². The molecule has 1 aromatic rings. The van der Waals surface area contributed by atoms with Crippen molar-refractivity contribution in [2.75, 3.05) is 6.54 Å². The molecule has 0 radical (unpaired) electrons. The monoisotopic (exact) mass is 369 g/mol. The molecule has 0 spiro atoms. The van der Waals surface area contributed by atoms with Gasteiger partial charge in [-0.25, -0.2) is 0 Å². The molecule has 110 valence electrons. The summed E-state index contributed by atoms with van der Waals surface area (Å²) in [6, 6.07) is 2.98. The molecule has 2 rings (SSSR count). The third kappa shape index (κ3) is 3.88. The molecule has 0 heterocycles. The second-order valence-electron chi connectivity index (χ2n) is 4.76. The average Bonchev–Trinajstić information content (AvgIpc) is 3.18. The summed E-state index contributed by atoms with van der Waals surface area (Å²) in [6.45, 7) is 0.258. The second-order valence-corrected chi connectivity index (χ2v) is 6.17. The van der Waals surface area contributed by atoms with Crippen molar-refractivity contribution in [3.8, 4) is 0 Å². The zero-order valence-electron chi connectivity index (χ0n) is 10.3. The third-order valence-corrected chi connectivity index (χ3v) is 4.33. The number of carbonyl (C=O) groups is 1. The number of alkyl halides is 4. The van der Waals surface area contributed by atoms with Crippen molar-refractivity contribution in [3.05, 3.63) is 33.8 Å². The van der Waals surface area contributed by atoms with Crippen LogP contribution in [0.4, 0.5) is 13.2 Å². The molecule has 7 heteroatoms. The topological polar surface area (TPSA) is 29.1 Å². The lowest BCUT2D eigenvalue weighted by Gasteiger charge is -2.12. The van der Waals surface area contributed by atoms with Gasteiger partial charge in [0.15, 0.2) is 0 Å². The minimum absolute atomic E-state index is 0.0421. The van der Waals surface area contributed by atoms with Crippen LogP contribution >= 0.6 is 27.5 Å². The zero-order chi connectivity index (χ0) is 14.9. The van der Waals surface area contributed by atoms with Crippen LogP contribution in [0.15, 0.2) is 22.7 Å². The Bertz CT molecular complexity index is 517. The number of hydrogen-bond donors (Lipinski definition) is 1. The number of amides is 1. The summed E-state index contributed by atoms with van der Waals surface area (Å²) in [5.41, 5.74) is -0.894. The van der Waals surface area contributed by atoms with Gasteiger partial charge in [0, 0.05) is 11.0 Å². The summed E-state index contributed by atoms with van der Waals surface area (Å²) in [5.74, 6) is -0.156. The van der Waals surface area contributed by atoms with E-state index in [2.05, 4.69) is 21.2 Å². The molecule has 1 aromatic carbocycles. The molecule has 20 heavy (non-hydrogen) atoms. The molecule has 0 aliphatic heterocycles. The normalized spacial score (nSPS) is 16.9. The van der Waals surface area contributed by atoms with Crippen molar-refractivity contribution < 1.29 is 18.0 Å². The summed E-state index contributed by atoms with van der Waals surface area (Å²) >= 11 is 9.13. The fraction of sp³-hybridized carbons (Fsp3) is 0.462. The predicted molar refractivity (Wildman–Crippen MR) is 73.8 cm³/mol. The maximum atomic E-state index is 12.6. The number of nitrogens with one attached hydrogen (secondary N) is 1. The van der Waals surface area contributed by atoms with Crippen LogP contribution in [0.2, 0.25) is 0 Å². The molecule has 2 nitrogen and oxygen atoms in total. The first-order valence-electron chi connectivity index (χ1n) is 6.08. The highest BCUT2D eigenvalue weighted by Gasteiger charge is 2.32. The van der Waals surface area contributed by atoms with E-state index >= 15 is 0 Å². The SMILES string of the molecule is O=C(NCC(Cl)C1CC1)c1cc(C(F)(F)F)ccc1Br. The van der Waals surface area contributed by atoms with E-state index in [1.165, 1.54) is 6.07 Å². The van der Waals surface area contributed by atoms with E-state index in [1.54, 1.807) is 0 Å². The van der Waals surface area contributed by atoms with Crippen molar-refractivity contribution >= 4 is 33.4 Å². The van der Waals surface area contributed by atoms with E-state index in [9.17, 15) is 18.0 Å². The van der Waals surface area contributed by atoms with Crippen molar-refractivity contribution in [1.29, 1.82) is 0 Å². The minimum atomic E-state index is -4.47. The quantitative estimate of drug-likeness (QED) is 0.790. The smallest absolute Gasteiger partial charge is 0.351 e. The summed E-state index contributed by atoms with van der Waals surface area (Å²) in [6.07, 6.45) is -2.40. The zero-order valence-corrected chi connectivity index (χ0v) is 12.6. The van der Waals surface area contributed by atoms with Crippen LogP contribution < -0.4 is 5.32 Å². The standard InChI is InChI=1S/C13H12BrClF3NO/c14-10-4-3-8(13(16,17)18)5-9(10)12(20)19-6-11(15)7-1-2-7/h3-5,7,11H,1-2,6H2,(H,19,20). The molecule has 1 fully saturated rings. The Morgan fingerprint density at radius 1 is 1.45 bits per heavy atom. The molecule has 0 aromatic heterocycles. The molecular weight excluding hydrogens is 358 g/mol. The Hall–Kier alpha value is -0.750. The highest BCUT2D eigenvalue weighted by Crippen LogP contribution is 2.35. The molecule has 1 atom stereocenters. The van der Waals surface area contributed by atoms with Gasteiger partial charge in [-0.05, 0) is 52.9 Å². The third-order valence-electron chi connectivity index (χ3n) is 3.13. The maximum absolute atomic E-state index is 12.6. The lowest BCUT2D eigenvalue weighted by molar-refractivity contribution is -0.137. The van der Waals surface area contributed by atoms with Gasteiger partial charge in [-0.2, -0.15) is 13.2 Å². The first-order valence-corrected chi connectivity index (χ1v) is 7.31. The van der Waals surface area contributed by atoms with E-state index in [0.717, 1.165) is 25.0 Å². The summed E-state index contributed by atoms with van der Waals surface area (Å²) in [7, 11) is 0. The number of benzene rings is 1. The largest absolute Gasteiger partial charge is 0.416 e. The van der Waals surface area contributed by atoms with Crippen molar-refractivity contribution in [2.24, 2.45) is 5.92 Å². The van der Waals surface area contributed by atoms with Gasteiger partial charge in [0.1, 0.15) is 0 Å². The molecule has 1 amide bonds. The van der Waals surface area contributed by atoms with Crippen molar-refractivity contribution in [3.63, 3.8) is 0 Å². The first kappa shape index (κ1) is 15.6. The van der Waals surface area contributed by atoms with E-state index in [-0.39, 0.29) is 17.5 Å². The highest BCUT2D eigenvalue weighted by molar-refractivity contribution is 9.10. The van der Waals surface area contributed by atoms with Gasteiger partial charge in [0.2, 0.25) is 0 Å². The molecule has 0 saturated heterocycles. The number of rotatable bonds is 4. The Morgan fingerprint density at radius 3 is 2.65 bits per heavy atom. The van der Waals surface area contributed by atoms with Crippen LogP contribution in [0.25, 0.3) is 0 Å². The van der Waals surface area contributed by atoms with Crippen LogP contribution in [0.3, 0.4) is 0 Å². The van der Waals surface area contributed by atoms with E-state index in [4.69, 9.17) is 11.6 Å². The number of halogens is 5. The van der Waals surface area contributed by atoms with Gasteiger partial charge in [0.25, 0.3) is 5.91 Å². The van der Waals surface area contributed by atoms with Gasteiger partial charge < -0.3 is 5.32 Å². The maximum Gasteiger partial charge on any atom is 0.416 e. The molecule has 0 bridgehead atoms. The Morgan fingerprint density at radius 2 is 2.10 bits per heavy atom. The van der Waals surface area contributed by atoms with E-state index < -0.39 is 17.6 Å². The summed E-state index contributed by atoms with van der Waals surface area (Å²) in [5, 5.41) is 2.41. The summed E-state index contributed by atoms with van der Waals surface area (Å²) < 4.78 is 38.2. The van der Waals surface area contributed by atoms with Gasteiger partial charge >= 0.3 is 6.18 Å². The minimum Gasteiger partial charge on any atom is -0.351 e. The molecule has 1 aliphatic rings. The predicted octanol–water partition coefficient (Wildman–Crippen LogP) is 4.22. The lowest BCUT2D eigenvalue weighted by atomic mass is 10.1. The molecular formula is C13H12BrClF3NO. The summed E-state index contributed by atoms with van der Waals surface area (Å²) in [4.78, 5) is 11.9. The van der Waals surface area contributed by atoms with Crippen LogP contribution in [-0.2, 0) is 6.18 Å².